The van der Waals surface area contributed by atoms with Crippen LogP contribution >= 0.6 is 0 Å². The van der Waals surface area contributed by atoms with Gasteiger partial charge >= 0.3 is 16.5 Å². The molecule has 0 aromatic carbocycles. The molecule has 0 unspecified atom stereocenters. The first-order chi connectivity index (χ1) is 13.2. The van der Waals surface area contributed by atoms with Crippen molar-refractivity contribution in [2.45, 2.75) is 13.8 Å². The number of rotatable bonds is 12. The van der Waals surface area contributed by atoms with E-state index in [0.29, 0.717) is 39.3 Å². The van der Waals surface area contributed by atoms with Crippen LogP contribution < -0.4 is 10.2 Å². The monoisotopic (exact) mass is 474 g/mol. The Morgan fingerprint density at radius 2 is 0.655 bits per heavy atom. The molecule has 0 aliphatic heterocycles. The maximum atomic E-state index is 8.89. The third kappa shape index (κ3) is 58.4. The van der Waals surface area contributed by atoms with Gasteiger partial charge in [0.1, 0.15) is 0 Å². The average Bonchev–Trinajstić information content (AvgIpc) is 2.56. The van der Waals surface area contributed by atoms with E-state index in [4.69, 9.17) is 50.4 Å². The standard InChI is InChI=1S/2C6H15NO3.2C2H4O2.Ni/c2*8-4-1-7(2-5-9)3-6-10;2*1-2(3)4;/h2*8-10H,1-6H2;2*1H3,(H,3,4);/q;;;;+2/p-2. The minimum atomic E-state index is -1.08. The van der Waals surface area contributed by atoms with E-state index < -0.39 is 11.9 Å². The summed E-state index contributed by atoms with van der Waals surface area (Å²) in [5.41, 5.74) is 0. The van der Waals surface area contributed by atoms with Crippen LogP contribution in [-0.2, 0) is 26.1 Å². The van der Waals surface area contributed by atoms with E-state index in [1.807, 2.05) is 0 Å². The average molecular weight is 475 g/mol. The summed E-state index contributed by atoms with van der Waals surface area (Å²) in [5, 5.41) is 68.7. The van der Waals surface area contributed by atoms with Gasteiger partial charge in [-0.15, -0.1) is 0 Å². The Kier molecular flexibility index (Phi) is 46.2. The second-order valence-corrected chi connectivity index (χ2v) is 5.01. The largest absolute Gasteiger partial charge is 2.00 e. The number of carboxylic acids is 2. The SMILES string of the molecule is CC(=O)[O-].CC(=O)[O-].OCCN(CCO)CCO.OCCN(CCO)CCO.[Ni+2]. The molecular weight excluding hydrogens is 439 g/mol. The van der Waals surface area contributed by atoms with Crippen molar-refractivity contribution in [2.75, 3.05) is 78.9 Å². The fourth-order valence-corrected chi connectivity index (χ4v) is 1.52. The van der Waals surface area contributed by atoms with Crippen LogP contribution in [0.1, 0.15) is 13.8 Å². The van der Waals surface area contributed by atoms with Crippen molar-refractivity contribution in [2.24, 2.45) is 0 Å². The molecule has 0 amide bonds. The Morgan fingerprint density at radius 3 is 0.724 bits per heavy atom. The number of aliphatic hydroxyl groups excluding tert-OH is 6. The summed E-state index contributed by atoms with van der Waals surface area (Å²) in [5.74, 6) is -2.17. The molecule has 0 saturated heterocycles. The van der Waals surface area contributed by atoms with Gasteiger partial charge in [-0.2, -0.15) is 0 Å². The van der Waals surface area contributed by atoms with Crippen molar-refractivity contribution >= 4 is 11.9 Å². The third-order valence-corrected chi connectivity index (χ3v) is 2.50. The van der Waals surface area contributed by atoms with Crippen LogP contribution in [0.5, 0.6) is 0 Å². The summed E-state index contributed by atoms with van der Waals surface area (Å²) < 4.78 is 0. The predicted octanol–water partition coefficient (Wildman–Crippen LogP) is -5.96. The van der Waals surface area contributed by atoms with E-state index in [1.54, 1.807) is 9.80 Å². The Balaban J connectivity index is -0.0000000950. The molecule has 0 bridgehead atoms. The van der Waals surface area contributed by atoms with Crippen LogP contribution in [0.4, 0.5) is 0 Å². The maximum Gasteiger partial charge on any atom is 2.00 e. The Hall–Kier alpha value is -0.886. The van der Waals surface area contributed by atoms with Crippen LogP contribution in [0.25, 0.3) is 0 Å². The predicted molar refractivity (Wildman–Crippen MR) is 96.8 cm³/mol. The summed E-state index contributed by atoms with van der Waals surface area (Å²) in [6, 6.07) is 0. The second-order valence-electron chi connectivity index (χ2n) is 5.01. The van der Waals surface area contributed by atoms with Crippen LogP contribution in [0.3, 0.4) is 0 Å². The van der Waals surface area contributed by atoms with Gasteiger partial charge in [0.15, 0.2) is 0 Å². The van der Waals surface area contributed by atoms with Gasteiger partial charge in [0.05, 0.1) is 39.6 Å². The normalized spacial score (nSPS) is 9.17. The first-order valence-corrected chi connectivity index (χ1v) is 8.61. The molecule has 180 valence electrons. The molecule has 12 nitrogen and oxygen atoms in total. The molecule has 0 aliphatic rings. The van der Waals surface area contributed by atoms with Crippen molar-refractivity contribution < 1.29 is 66.9 Å². The molecule has 0 spiro atoms. The maximum absolute atomic E-state index is 8.89. The first kappa shape index (κ1) is 38.7. The van der Waals surface area contributed by atoms with Crippen molar-refractivity contribution in [3.63, 3.8) is 0 Å². The van der Waals surface area contributed by atoms with E-state index >= 15 is 0 Å². The molecule has 0 rings (SSSR count). The third-order valence-electron chi connectivity index (χ3n) is 2.50. The Bertz CT molecular complexity index is 262. The zero-order valence-corrected chi connectivity index (χ0v) is 18.0. The van der Waals surface area contributed by atoms with Crippen molar-refractivity contribution in [3.05, 3.63) is 0 Å². The minimum Gasteiger partial charge on any atom is -0.550 e. The fraction of sp³-hybridized carbons (Fsp3) is 0.875. The van der Waals surface area contributed by atoms with Gasteiger partial charge in [-0.25, -0.2) is 0 Å². The van der Waals surface area contributed by atoms with Gasteiger partial charge < -0.3 is 50.4 Å². The summed E-state index contributed by atoms with van der Waals surface area (Å²) in [6.07, 6.45) is 0. The number of carboxylic acid groups (broad SMARTS) is 2. The number of carbonyl (C=O) groups is 2. The Morgan fingerprint density at radius 1 is 0.552 bits per heavy atom. The number of carbonyl (C=O) groups excluding carboxylic acids is 2. The van der Waals surface area contributed by atoms with E-state index in [9.17, 15) is 0 Å². The van der Waals surface area contributed by atoms with Crippen LogP contribution in [0.15, 0.2) is 0 Å². The van der Waals surface area contributed by atoms with Crippen LogP contribution in [0.2, 0.25) is 0 Å². The molecule has 0 fully saturated rings. The molecule has 0 aromatic heterocycles. The molecule has 0 radical (unpaired) electrons. The Labute approximate surface area is 181 Å². The zero-order valence-electron chi connectivity index (χ0n) is 17.0. The molecule has 29 heavy (non-hydrogen) atoms. The van der Waals surface area contributed by atoms with Gasteiger partial charge in [0.25, 0.3) is 0 Å². The molecule has 0 saturated carbocycles. The summed E-state index contributed by atoms with van der Waals surface area (Å²) >= 11 is 0. The van der Waals surface area contributed by atoms with Gasteiger partial charge in [-0.3, -0.25) is 9.80 Å². The van der Waals surface area contributed by atoms with Gasteiger partial charge in [-0.1, -0.05) is 0 Å². The fourth-order valence-electron chi connectivity index (χ4n) is 1.52. The number of aliphatic carboxylic acids is 2. The van der Waals surface area contributed by atoms with Crippen molar-refractivity contribution in [3.8, 4) is 0 Å². The number of hydrogen-bond acceptors (Lipinski definition) is 12. The summed E-state index contributed by atoms with van der Waals surface area (Å²) in [6.45, 7) is 5.45. The molecule has 6 N–H and O–H groups in total. The van der Waals surface area contributed by atoms with Gasteiger partial charge in [0, 0.05) is 51.2 Å². The van der Waals surface area contributed by atoms with Crippen molar-refractivity contribution in [1.82, 2.24) is 9.80 Å². The molecule has 0 heterocycles. The number of hydrogen-bond donors (Lipinski definition) is 6. The smallest absolute Gasteiger partial charge is 0.550 e. The van der Waals surface area contributed by atoms with Gasteiger partial charge in [-0.05, 0) is 13.8 Å². The minimum absolute atomic E-state index is 0. The molecule has 13 heteroatoms. The second kappa shape index (κ2) is 34.6. The summed E-state index contributed by atoms with van der Waals surface area (Å²) in [4.78, 5) is 21.4. The van der Waals surface area contributed by atoms with Crippen molar-refractivity contribution in [1.29, 1.82) is 0 Å². The van der Waals surface area contributed by atoms with E-state index in [-0.39, 0.29) is 56.1 Å². The molecule has 0 aromatic rings. The van der Waals surface area contributed by atoms with E-state index in [1.165, 1.54) is 0 Å². The zero-order chi connectivity index (χ0) is 22.8. The van der Waals surface area contributed by atoms with Gasteiger partial charge in [0.2, 0.25) is 0 Å². The van der Waals surface area contributed by atoms with Crippen LogP contribution in [-0.4, -0.2) is 131 Å². The summed E-state index contributed by atoms with van der Waals surface area (Å²) in [7, 11) is 0. The van der Waals surface area contributed by atoms with Crippen LogP contribution in [0, 0.1) is 0 Å². The molecule has 0 atom stereocenters. The molecular formula is C16H36N2NiO10. The quantitative estimate of drug-likeness (QED) is 0.146. The van der Waals surface area contributed by atoms with E-state index in [2.05, 4.69) is 0 Å². The molecule has 0 aliphatic carbocycles. The number of aliphatic hydroxyl groups is 6. The topological polar surface area (TPSA) is 208 Å². The van der Waals surface area contributed by atoms with E-state index in [0.717, 1.165) is 13.8 Å². The number of nitrogens with zero attached hydrogens (tertiary/aromatic N) is 2. The first-order valence-electron chi connectivity index (χ1n) is 8.61.